The molecule has 3 nitrogen and oxygen atoms in total. The predicted molar refractivity (Wildman–Crippen MR) is 242 cm³/mol. The lowest BCUT2D eigenvalue weighted by atomic mass is 10.0. The smallest absolute Gasteiger partial charge is 0.331 e. The van der Waals surface area contributed by atoms with Crippen LogP contribution in [0, 0.1) is 0 Å². The zero-order chi connectivity index (χ0) is 40.7. The molecular weight excluding hydrogens is 673 g/mol. The van der Waals surface area contributed by atoms with Crippen LogP contribution >= 0.6 is 0 Å². The van der Waals surface area contributed by atoms with Crippen molar-refractivity contribution in [3.05, 3.63) is 135 Å². The Kier molecular flexibility index (Phi) is 28.0. The Morgan fingerprint density at radius 3 is 1.07 bits per heavy atom. The van der Waals surface area contributed by atoms with Gasteiger partial charge in [-0.2, -0.15) is 0 Å². The number of carbonyl (C=O) groups excluding carboxylic acids is 1. The first-order valence-electron chi connectivity index (χ1n) is 21.1. The molecule has 3 heteroatoms. The lowest BCUT2D eigenvalue weighted by molar-refractivity contribution is -0.136. The summed E-state index contributed by atoms with van der Waals surface area (Å²) in [6.07, 6.45) is 43.9. The van der Waals surface area contributed by atoms with Crippen molar-refractivity contribution in [2.45, 2.75) is 172 Å². The SMILES string of the molecule is CC(C)=CCC/C(C)=C/CC/C(C)=C/CC/C(C)=C/CC/C(C)=C/CC/C(C)=C/CC/C(C)=C/CC/C(C)=C/CC/C(C)=C/COC(=O)/C=C/c1ccco1. The maximum absolute atomic E-state index is 11.8. The van der Waals surface area contributed by atoms with Gasteiger partial charge in [0.2, 0.25) is 0 Å². The number of hydrogen-bond donors (Lipinski definition) is 0. The van der Waals surface area contributed by atoms with Crippen LogP contribution in [-0.4, -0.2) is 12.6 Å². The van der Waals surface area contributed by atoms with Gasteiger partial charge in [0.05, 0.1) is 6.26 Å². The first-order chi connectivity index (χ1) is 26.3. The molecule has 0 aliphatic heterocycles. The summed E-state index contributed by atoms with van der Waals surface area (Å²) >= 11 is 0. The molecule has 0 bridgehead atoms. The van der Waals surface area contributed by atoms with Gasteiger partial charge >= 0.3 is 5.97 Å². The summed E-state index contributed by atoms with van der Waals surface area (Å²) in [6, 6.07) is 3.58. The quantitative estimate of drug-likeness (QED) is 0.0486. The molecule has 0 fully saturated rings. The van der Waals surface area contributed by atoms with Crippen LogP contribution < -0.4 is 0 Å². The van der Waals surface area contributed by atoms with Crippen LogP contribution in [0.4, 0.5) is 0 Å². The molecule has 0 unspecified atom stereocenters. The highest BCUT2D eigenvalue weighted by Crippen LogP contribution is 2.18. The number of esters is 1. The highest BCUT2D eigenvalue weighted by atomic mass is 16.5. The molecule has 0 aliphatic carbocycles. The molecule has 1 rings (SSSR count). The van der Waals surface area contributed by atoms with Gasteiger partial charge in [-0.1, -0.05) is 98.8 Å². The summed E-state index contributed by atoms with van der Waals surface area (Å²) in [4.78, 5) is 11.8. The molecule has 1 aromatic heterocycles. The average molecular weight is 751 g/mol. The van der Waals surface area contributed by atoms with E-state index in [0.717, 1.165) is 83.5 Å². The molecular formula is C52H78O3. The number of hydrogen-bond acceptors (Lipinski definition) is 3. The van der Waals surface area contributed by atoms with Crippen LogP contribution in [-0.2, 0) is 9.53 Å². The molecule has 0 aromatic carbocycles. The Hall–Kier alpha value is -3.85. The van der Waals surface area contributed by atoms with Gasteiger partial charge in [0, 0.05) is 6.08 Å². The molecule has 304 valence electrons. The van der Waals surface area contributed by atoms with Crippen LogP contribution in [0.25, 0.3) is 6.08 Å². The Morgan fingerprint density at radius 1 is 0.473 bits per heavy atom. The van der Waals surface area contributed by atoms with Crippen molar-refractivity contribution in [2.24, 2.45) is 0 Å². The normalized spacial score (nSPS) is 14.3. The number of furan rings is 1. The van der Waals surface area contributed by atoms with E-state index in [9.17, 15) is 4.79 Å². The van der Waals surface area contributed by atoms with Gasteiger partial charge in [0.25, 0.3) is 0 Å². The Labute approximate surface area is 338 Å². The molecule has 0 saturated heterocycles. The van der Waals surface area contributed by atoms with Crippen molar-refractivity contribution in [3.63, 3.8) is 0 Å². The number of carbonyl (C=O) groups is 1. The average Bonchev–Trinajstić information content (AvgIpc) is 3.64. The highest BCUT2D eigenvalue weighted by molar-refractivity contribution is 5.86. The summed E-state index contributed by atoms with van der Waals surface area (Å²) in [5.41, 5.74) is 13.1. The summed E-state index contributed by atoms with van der Waals surface area (Å²) in [6.45, 7) is 22.7. The molecule has 0 N–H and O–H groups in total. The molecule has 1 aromatic rings. The monoisotopic (exact) mass is 751 g/mol. The lowest BCUT2D eigenvalue weighted by Crippen LogP contribution is -2.00. The van der Waals surface area contributed by atoms with E-state index in [-0.39, 0.29) is 5.97 Å². The van der Waals surface area contributed by atoms with Gasteiger partial charge in [-0.05, 0) is 196 Å². The fraction of sp³-hybridized carbons (Fsp3) is 0.519. The summed E-state index contributed by atoms with van der Waals surface area (Å²) in [7, 11) is 0. The van der Waals surface area contributed by atoms with Crippen molar-refractivity contribution >= 4 is 12.0 Å². The molecule has 0 atom stereocenters. The van der Waals surface area contributed by atoms with Crippen LogP contribution in [0.5, 0.6) is 0 Å². The first-order valence-corrected chi connectivity index (χ1v) is 21.1. The third-order valence-corrected chi connectivity index (χ3v) is 9.90. The van der Waals surface area contributed by atoms with E-state index in [4.69, 9.17) is 9.15 Å². The van der Waals surface area contributed by atoms with Crippen LogP contribution in [0.15, 0.2) is 134 Å². The van der Waals surface area contributed by atoms with Crippen LogP contribution in [0.1, 0.15) is 178 Å². The summed E-state index contributed by atoms with van der Waals surface area (Å²) in [5.74, 6) is 0.267. The molecule has 55 heavy (non-hydrogen) atoms. The molecule has 0 aliphatic rings. The van der Waals surface area contributed by atoms with E-state index in [2.05, 4.69) is 118 Å². The second-order valence-electron chi connectivity index (χ2n) is 16.0. The van der Waals surface area contributed by atoms with Crippen molar-refractivity contribution in [3.8, 4) is 0 Å². The van der Waals surface area contributed by atoms with E-state index in [1.165, 1.54) is 75.5 Å². The molecule has 0 spiro atoms. The van der Waals surface area contributed by atoms with Crippen molar-refractivity contribution < 1.29 is 13.9 Å². The highest BCUT2D eigenvalue weighted by Gasteiger charge is 1.99. The van der Waals surface area contributed by atoms with E-state index in [1.807, 2.05) is 6.08 Å². The Balaban J connectivity index is 2.21. The number of allylic oxidation sites excluding steroid dienone is 17. The first kappa shape index (κ1) is 49.2. The van der Waals surface area contributed by atoms with E-state index in [0.29, 0.717) is 12.4 Å². The molecule has 0 amide bonds. The zero-order valence-corrected chi connectivity index (χ0v) is 36.8. The van der Waals surface area contributed by atoms with E-state index in [1.54, 1.807) is 24.5 Å². The van der Waals surface area contributed by atoms with Crippen molar-refractivity contribution in [2.75, 3.05) is 6.61 Å². The zero-order valence-electron chi connectivity index (χ0n) is 36.8. The van der Waals surface area contributed by atoms with Gasteiger partial charge < -0.3 is 9.15 Å². The lowest BCUT2D eigenvalue weighted by Gasteiger charge is -2.04. The Bertz CT molecular complexity index is 1530. The number of ether oxygens (including phenoxy) is 1. The fourth-order valence-electron chi connectivity index (χ4n) is 6.08. The van der Waals surface area contributed by atoms with Gasteiger partial charge in [-0.15, -0.1) is 0 Å². The predicted octanol–water partition coefficient (Wildman–Crippen LogP) is 16.6. The molecule has 1 heterocycles. The molecule has 0 radical (unpaired) electrons. The fourth-order valence-corrected chi connectivity index (χ4v) is 6.08. The van der Waals surface area contributed by atoms with Crippen molar-refractivity contribution in [1.82, 2.24) is 0 Å². The third kappa shape index (κ3) is 30.1. The van der Waals surface area contributed by atoms with Gasteiger partial charge in [0.15, 0.2) is 0 Å². The minimum Gasteiger partial charge on any atom is -0.465 e. The Morgan fingerprint density at radius 2 is 0.782 bits per heavy atom. The second kappa shape index (κ2) is 31.4. The van der Waals surface area contributed by atoms with E-state index >= 15 is 0 Å². The standard InChI is InChI=1S/C52H78O3/c1-42(2)20-11-21-43(3)22-12-23-44(4)24-13-25-45(5)26-14-27-46(6)28-15-29-47(7)30-16-31-48(8)32-17-33-49(9)34-18-35-50(10)39-41-55-52(53)38-37-51-36-19-40-54-51/h19-20,22,24,26,28,30,32,34,36-40H,11-18,21,23,25,27,29,31,33,35,41H2,1-10H3/b38-37+,43-22+,44-24+,45-26+,46-28+,47-30+,48-32+,49-34+,50-39+. The third-order valence-electron chi connectivity index (χ3n) is 9.90. The summed E-state index contributed by atoms with van der Waals surface area (Å²) in [5, 5.41) is 0. The minimum atomic E-state index is -0.366. The van der Waals surface area contributed by atoms with Gasteiger partial charge in [-0.3, -0.25) is 0 Å². The van der Waals surface area contributed by atoms with Crippen molar-refractivity contribution in [1.29, 1.82) is 0 Å². The molecule has 0 saturated carbocycles. The summed E-state index contributed by atoms with van der Waals surface area (Å²) < 4.78 is 10.4. The largest absolute Gasteiger partial charge is 0.465 e. The number of rotatable bonds is 28. The maximum Gasteiger partial charge on any atom is 0.331 e. The second-order valence-corrected chi connectivity index (χ2v) is 16.0. The van der Waals surface area contributed by atoms with Crippen LogP contribution in [0.3, 0.4) is 0 Å². The topological polar surface area (TPSA) is 39.4 Å². The van der Waals surface area contributed by atoms with E-state index < -0.39 is 0 Å². The van der Waals surface area contributed by atoms with Crippen LogP contribution in [0.2, 0.25) is 0 Å². The maximum atomic E-state index is 11.8. The minimum absolute atomic E-state index is 0.291. The van der Waals surface area contributed by atoms with Gasteiger partial charge in [-0.25, -0.2) is 4.79 Å². The van der Waals surface area contributed by atoms with Gasteiger partial charge in [0.1, 0.15) is 12.4 Å².